The van der Waals surface area contributed by atoms with E-state index in [2.05, 4.69) is 10.0 Å². The van der Waals surface area contributed by atoms with Crippen molar-refractivity contribution < 1.29 is 18.3 Å². The molecule has 0 saturated heterocycles. The van der Waals surface area contributed by atoms with E-state index in [0.29, 0.717) is 5.69 Å². The number of carbonyl (C=O) groups excluding carboxylic acids is 1. The Bertz CT molecular complexity index is 774. The molecule has 24 heavy (non-hydrogen) atoms. The molecule has 1 amide bonds. The molecule has 6 nitrogen and oxygen atoms in total. The van der Waals surface area contributed by atoms with E-state index in [1.54, 1.807) is 12.1 Å². The molecule has 3 N–H and O–H groups in total. The summed E-state index contributed by atoms with van der Waals surface area (Å²) >= 11 is 0. The Balaban J connectivity index is 1.92. The van der Waals surface area contributed by atoms with Crippen molar-refractivity contribution in [2.45, 2.75) is 24.3 Å². The zero-order valence-corrected chi connectivity index (χ0v) is 14.1. The van der Waals surface area contributed by atoms with Crippen molar-refractivity contribution in [2.24, 2.45) is 0 Å². The van der Waals surface area contributed by atoms with Gasteiger partial charge in [-0.3, -0.25) is 4.79 Å². The first-order chi connectivity index (χ1) is 11.4. The molecule has 0 saturated carbocycles. The van der Waals surface area contributed by atoms with Crippen LogP contribution in [0.5, 0.6) is 0 Å². The zero-order valence-electron chi connectivity index (χ0n) is 13.3. The van der Waals surface area contributed by atoms with Gasteiger partial charge in [-0.15, -0.1) is 0 Å². The van der Waals surface area contributed by atoms with Gasteiger partial charge in [-0.25, -0.2) is 13.1 Å². The fourth-order valence-corrected chi connectivity index (χ4v) is 3.22. The molecule has 0 heterocycles. The van der Waals surface area contributed by atoms with Gasteiger partial charge in [0.1, 0.15) is 0 Å². The highest BCUT2D eigenvalue weighted by Gasteiger charge is 2.15. The maximum atomic E-state index is 12.2. The number of benzene rings is 2. The summed E-state index contributed by atoms with van der Waals surface area (Å²) in [6.45, 7) is 1.50. The summed E-state index contributed by atoms with van der Waals surface area (Å²) in [5, 5.41) is 12.6. The van der Waals surface area contributed by atoms with Crippen LogP contribution in [0.1, 0.15) is 25.0 Å². The molecule has 2 aromatic carbocycles. The Hall–Kier alpha value is -2.22. The molecule has 0 bridgehead atoms. The van der Waals surface area contributed by atoms with Crippen LogP contribution in [0, 0.1) is 0 Å². The number of hydrogen-bond acceptors (Lipinski definition) is 4. The maximum absolute atomic E-state index is 12.2. The largest absolute Gasteiger partial charge is 0.388 e. The van der Waals surface area contributed by atoms with Crippen molar-refractivity contribution in [3.8, 4) is 0 Å². The number of anilines is 1. The predicted octanol–water partition coefficient (Wildman–Crippen LogP) is 2.05. The number of sulfonamides is 1. The van der Waals surface area contributed by atoms with Crippen LogP contribution in [0.4, 0.5) is 5.69 Å². The summed E-state index contributed by atoms with van der Waals surface area (Å²) in [4.78, 5) is 11.1. The van der Waals surface area contributed by atoms with Crippen LogP contribution in [0.2, 0.25) is 0 Å². The first-order valence-electron chi connectivity index (χ1n) is 7.49. The van der Waals surface area contributed by atoms with Crippen LogP contribution in [0.3, 0.4) is 0 Å². The minimum atomic E-state index is -3.66. The van der Waals surface area contributed by atoms with Gasteiger partial charge in [0.25, 0.3) is 0 Å². The van der Waals surface area contributed by atoms with E-state index in [9.17, 15) is 18.3 Å². The van der Waals surface area contributed by atoms with Crippen LogP contribution in [0.15, 0.2) is 59.5 Å². The molecular formula is C17H20N2O4S. The highest BCUT2D eigenvalue weighted by Crippen LogP contribution is 2.17. The fourth-order valence-electron chi connectivity index (χ4n) is 2.18. The molecule has 0 aromatic heterocycles. The minimum Gasteiger partial charge on any atom is -0.388 e. The minimum absolute atomic E-state index is 0.103. The van der Waals surface area contributed by atoms with Crippen molar-refractivity contribution in [1.82, 2.24) is 4.72 Å². The van der Waals surface area contributed by atoms with E-state index < -0.39 is 16.1 Å². The first kappa shape index (κ1) is 18.1. The number of nitrogens with one attached hydrogen (secondary N) is 2. The van der Waals surface area contributed by atoms with Crippen LogP contribution < -0.4 is 10.0 Å². The summed E-state index contributed by atoms with van der Waals surface area (Å²) in [5.74, 6) is -0.223. The molecule has 0 aliphatic rings. The van der Waals surface area contributed by atoms with Crippen LogP contribution in [0.25, 0.3) is 0 Å². The summed E-state index contributed by atoms with van der Waals surface area (Å²) in [5.41, 5.74) is 1.28. The summed E-state index contributed by atoms with van der Waals surface area (Å²) < 4.78 is 26.9. The van der Waals surface area contributed by atoms with Crippen LogP contribution in [-0.2, 0) is 14.8 Å². The third kappa shape index (κ3) is 5.16. The lowest BCUT2D eigenvalue weighted by Crippen LogP contribution is -2.26. The van der Waals surface area contributed by atoms with Gasteiger partial charge in [0.05, 0.1) is 11.0 Å². The molecule has 7 heteroatoms. The first-order valence-corrected chi connectivity index (χ1v) is 8.97. The molecule has 128 valence electrons. The Labute approximate surface area is 141 Å². The lowest BCUT2D eigenvalue weighted by atomic mass is 10.1. The van der Waals surface area contributed by atoms with Crippen molar-refractivity contribution >= 4 is 21.6 Å². The molecule has 0 radical (unpaired) electrons. The Kier molecular flexibility index (Phi) is 6.08. The van der Waals surface area contributed by atoms with Crippen LogP contribution in [-0.4, -0.2) is 26.0 Å². The molecule has 0 fully saturated rings. The standard InChI is InChI=1S/C17H20N2O4S/c1-13(20)19-15-7-9-16(10-8-15)24(22,23)18-12-11-17(21)14-5-3-2-4-6-14/h2-10,17-18,21H,11-12H2,1H3,(H,19,20)/t17-/m1/s1. The molecule has 0 aliphatic carbocycles. The number of amides is 1. The van der Waals surface area contributed by atoms with Crippen molar-refractivity contribution in [3.05, 3.63) is 60.2 Å². The lowest BCUT2D eigenvalue weighted by Gasteiger charge is -2.12. The maximum Gasteiger partial charge on any atom is 0.240 e. The van der Waals surface area contributed by atoms with Crippen molar-refractivity contribution in [3.63, 3.8) is 0 Å². The van der Waals surface area contributed by atoms with E-state index >= 15 is 0 Å². The quantitative estimate of drug-likeness (QED) is 0.713. The summed E-state index contributed by atoms with van der Waals surface area (Å²) in [7, 11) is -3.66. The van der Waals surface area contributed by atoms with E-state index in [0.717, 1.165) is 5.56 Å². The third-order valence-corrected chi connectivity index (χ3v) is 4.86. The topological polar surface area (TPSA) is 95.5 Å². The average molecular weight is 348 g/mol. The molecular weight excluding hydrogens is 328 g/mol. The Morgan fingerprint density at radius 2 is 1.71 bits per heavy atom. The monoisotopic (exact) mass is 348 g/mol. The van der Waals surface area contributed by atoms with E-state index in [1.165, 1.54) is 31.2 Å². The second kappa shape index (κ2) is 8.05. The average Bonchev–Trinajstić information content (AvgIpc) is 2.55. The summed E-state index contributed by atoms with van der Waals surface area (Å²) in [6, 6.07) is 15.0. The Morgan fingerprint density at radius 3 is 2.29 bits per heavy atom. The van der Waals surface area contributed by atoms with Crippen molar-refractivity contribution in [1.29, 1.82) is 0 Å². The number of aliphatic hydroxyl groups is 1. The molecule has 1 atom stereocenters. The van der Waals surface area contributed by atoms with E-state index in [-0.39, 0.29) is 23.8 Å². The van der Waals surface area contributed by atoms with Gasteiger partial charge in [0.2, 0.25) is 15.9 Å². The second-order valence-corrected chi connectivity index (χ2v) is 7.09. The van der Waals surface area contributed by atoms with Gasteiger partial charge in [-0.1, -0.05) is 30.3 Å². The zero-order chi connectivity index (χ0) is 17.6. The third-order valence-electron chi connectivity index (χ3n) is 3.38. The normalized spacial score (nSPS) is 12.6. The molecule has 0 aliphatic heterocycles. The Morgan fingerprint density at radius 1 is 1.08 bits per heavy atom. The molecule has 0 spiro atoms. The SMILES string of the molecule is CC(=O)Nc1ccc(S(=O)(=O)NCC[C@@H](O)c2ccccc2)cc1. The van der Waals surface area contributed by atoms with E-state index in [4.69, 9.17) is 0 Å². The number of carbonyl (C=O) groups is 1. The predicted molar refractivity (Wildman–Crippen MR) is 92.0 cm³/mol. The van der Waals surface area contributed by atoms with Crippen LogP contribution >= 0.6 is 0 Å². The van der Waals surface area contributed by atoms with Gasteiger partial charge in [-0.2, -0.15) is 0 Å². The van der Waals surface area contributed by atoms with E-state index in [1.807, 2.05) is 18.2 Å². The molecule has 0 unspecified atom stereocenters. The smallest absolute Gasteiger partial charge is 0.240 e. The highest BCUT2D eigenvalue weighted by molar-refractivity contribution is 7.89. The fraction of sp³-hybridized carbons (Fsp3) is 0.235. The lowest BCUT2D eigenvalue weighted by molar-refractivity contribution is -0.114. The van der Waals surface area contributed by atoms with Gasteiger partial charge in [-0.05, 0) is 36.2 Å². The second-order valence-electron chi connectivity index (χ2n) is 5.32. The highest BCUT2D eigenvalue weighted by atomic mass is 32.2. The van der Waals surface area contributed by atoms with Gasteiger partial charge in [0.15, 0.2) is 0 Å². The van der Waals surface area contributed by atoms with Gasteiger partial charge < -0.3 is 10.4 Å². The van der Waals surface area contributed by atoms with Gasteiger partial charge in [0, 0.05) is 19.2 Å². The number of rotatable bonds is 7. The number of aliphatic hydroxyl groups excluding tert-OH is 1. The van der Waals surface area contributed by atoms with Gasteiger partial charge >= 0.3 is 0 Å². The van der Waals surface area contributed by atoms with Crippen molar-refractivity contribution in [2.75, 3.05) is 11.9 Å². The molecule has 2 aromatic rings. The number of hydrogen-bond donors (Lipinski definition) is 3. The molecule has 2 rings (SSSR count). The summed E-state index contributed by atoms with van der Waals surface area (Å²) in [6.07, 6.45) is -0.455.